The Labute approximate surface area is 86.2 Å². The van der Waals surface area contributed by atoms with E-state index in [9.17, 15) is 4.79 Å². The van der Waals surface area contributed by atoms with E-state index in [2.05, 4.69) is 10.2 Å². The van der Waals surface area contributed by atoms with E-state index in [4.69, 9.17) is 10.5 Å². The van der Waals surface area contributed by atoms with Gasteiger partial charge in [0.05, 0.1) is 24.7 Å². The van der Waals surface area contributed by atoms with E-state index in [1.165, 1.54) is 0 Å². The number of primary amides is 1. The third kappa shape index (κ3) is 1.76. The number of nitrogens with one attached hydrogen (secondary N) is 1. The first kappa shape index (κ1) is 9.51. The molecular weight excluding hydrogens is 194 g/mol. The summed E-state index contributed by atoms with van der Waals surface area (Å²) in [7, 11) is 1.59. The van der Waals surface area contributed by atoms with Crippen molar-refractivity contribution < 1.29 is 9.53 Å². The summed E-state index contributed by atoms with van der Waals surface area (Å²) >= 11 is 0. The summed E-state index contributed by atoms with van der Waals surface area (Å²) < 4.78 is 5.09. The third-order valence-electron chi connectivity index (χ3n) is 2.19. The number of H-pyrrole nitrogens is 1. The van der Waals surface area contributed by atoms with Crippen molar-refractivity contribution in [2.75, 3.05) is 7.11 Å². The predicted octanol–water partition coefficient (Wildman–Crippen LogP) is 0.599. The summed E-state index contributed by atoms with van der Waals surface area (Å²) in [5.41, 5.74) is 6.64. The van der Waals surface area contributed by atoms with Crippen LogP contribution in [0.2, 0.25) is 0 Å². The van der Waals surface area contributed by atoms with Crippen LogP contribution in [0.5, 0.6) is 5.75 Å². The molecule has 2 rings (SSSR count). The highest BCUT2D eigenvalue weighted by Crippen LogP contribution is 2.21. The number of hydrogen-bond donors (Lipinski definition) is 2. The monoisotopic (exact) mass is 205 g/mol. The number of nitrogens with two attached hydrogens (primary N) is 1. The summed E-state index contributed by atoms with van der Waals surface area (Å²) in [6.07, 6.45) is 0.156. The first-order valence-electron chi connectivity index (χ1n) is 4.50. The SMILES string of the molecule is COc1ccc2n[nH]c(CC(N)=O)c2c1. The van der Waals surface area contributed by atoms with Crippen molar-refractivity contribution in [3.8, 4) is 5.75 Å². The van der Waals surface area contributed by atoms with Crippen LogP contribution >= 0.6 is 0 Å². The zero-order chi connectivity index (χ0) is 10.8. The number of hydrogen-bond acceptors (Lipinski definition) is 3. The van der Waals surface area contributed by atoms with Crippen molar-refractivity contribution in [2.24, 2.45) is 5.73 Å². The van der Waals surface area contributed by atoms with Crippen LogP contribution in [-0.4, -0.2) is 23.2 Å². The molecule has 78 valence electrons. The van der Waals surface area contributed by atoms with Gasteiger partial charge in [0.2, 0.25) is 5.91 Å². The van der Waals surface area contributed by atoms with E-state index in [0.29, 0.717) is 0 Å². The summed E-state index contributed by atoms with van der Waals surface area (Å²) in [6, 6.07) is 5.48. The van der Waals surface area contributed by atoms with Crippen LogP contribution in [0.15, 0.2) is 18.2 Å². The van der Waals surface area contributed by atoms with Gasteiger partial charge in [-0.15, -0.1) is 0 Å². The Balaban J connectivity index is 2.51. The van der Waals surface area contributed by atoms with Gasteiger partial charge in [-0.2, -0.15) is 5.10 Å². The number of carbonyl (C=O) groups excluding carboxylic acids is 1. The molecule has 5 nitrogen and oxygen atoms in total. The lowest BCUT2D eigenvalue weighted by atomic mass is 10.1. The first-order valence-corrected chi connectivity index (χ1v) is 4.50. The molecule has 0 unspecified atom stereocenters. The molecule has 5 heteroatoms. The second-order valence-electron chi connectivity index (χ2n) is 3.23. The molecule has 0 saturated carbocycles. The smallest absolute Gasteiger partial charge is 0.223 e. The van der Waals surface area contributed by atoms with Gasteiger partial charge in [0.25, 0.3) is 0 Å². The molecule has 0 bridgehead atoms. The molecule has 0 spiro atoms. The van der Waals surface area contributed by atoms with Crippen LogP contribution in [-0.2, 0) is 11.2 Å². The molecule has 2 aromatic rings. The summed E-state index contributed by atoms with van der Waals surface area (Å²) in [6.45, 7) is 0. The van der Waals surface area contributed by atoms with Gasteiger partial charge in [-0.05, 0) is 18.2 Å². The maximum Gasteiger partial charge on any atom is 0.223 e. The van der Waals surface area contributed by atoms with E-state index >= 15 is 0 Å². The molecule has 1 amide bonds. The number of rotatable bonds is 3. The number of methoxy groups -OCH3 is 1. The number of aromatic nitrogens is 2. The zero-order valence-corrected chi connectivity index (χ0v) is 8.28. The largest absolute Gasteiger partial charge is 0.497 e. The second-order valence-corrected chi connectivity index (χ2v) is 3.23. The summed E-state index contributed by atoms with van der Waals surface area (Å²) in [5.74, 6) is 0.345. The van der Waals surface area contributed by atoms with Crippen LogP contribution in [0.25, 0.3) is 10.9 Å². The molecule has 1 aromatic carbocycles. The minimum atomic E-state index is -0.386. The number of amides is 1. The van der Waals surface area contributed by atoms with Gasteiger partial charge in [0, 0.05) is 5.39 Å². The molecule has 0 aliphatic carbocycles. The van der Waals surface area contributed by atoms with Gasteiger partial charge in [-0.25, -0.2) is 0 Å². The van der Waals surface area contributed by atoms with E-state index in [1.807, 2.05) is 18.2 Å². The molecule has 15 heavy (non-hydrogen) atoms. The van der Waals surface area contributed by atoms with Crippen LogP contribution in [0.1, 0.15) is 5.69 Å². The Morgan fingerprint density at radius 3 is 3.07 bits per heavy atom. The molecule has 0 saturated heterocycles. The fourth-order valence-corrected chi connectivity index (χ4v) is 1.48. The van der Waals surface area contributed by atoms with Gasteiger partial charge in [-0.1, -0.05) is 0 Å². The Bertz CT molecular complexity index is 504. The van der Waals surface area contributed by atoms with Gasteiger partial charge in [-0.3, -0.25) is 9.89 Å². The maximum absolute atomic E-state index is 10.8. The quantitative estimate of drug-likeness (QED) is 0.769. The summed E-state index contributed by atoms with van der Waals surface area (Å²) in [5, 5.41) is 7.72. The minimum Gasteiger partial charge on any atom is -0.497 e. The van der Waals surface area contributed by atoms with Crippen molar-refractivity contribution in [1.82, 2.24) is 10.2 Å². The molecule has 1 heterocycles. The predicted molar refractivity (Wildman–Crippen MR) is 55.5 cm³/mol. The summed E-state index contributed by atoms with van der Waals surface area (Å²) in [4.78, 5) is 10.8. The van der Waals surface area contributed by atoms with Crippen LogP contribution in [0, 0.1) is 0 Å². The second kappa shape index (κ2) is 3.61. The van der Waals surface area contributed by atoms with Crippen LogP contribution in [0.3, 0.4) is 0 Å². The van der Waals surface area contributed by atoms with Crippen LogP contribution < -0.4 is 10.5 Å². The number of nitrogens with zero attached hydrogens (tertiary/aromatic N) is 1. The van der Waals surface area contributed by atoms with E-state index in [1.54, 1.807) is 7.11 Å². The highest BCUT2D eigenvalue weighted by atomic mass is 16.5. The molecular formula is C10H11N3O2. The van der Waals surface area contributed by atoms with Gasteiger partial charge < -0.3 is 10.5 Å². The Morgan fingerprint density at radius 1 is 1.60 bits per heavy atom. The van der Waals surface area contributed by atoms with Crippen molar-refractivity contribution in [2.45, 2.75) is 6.42 Å². The molecule has 3 N–H and O–H groups in total. The van der Waals surface area contributed by atoms with Gasteiger partial charge in [0.15, 0.2) is 0 Å². The minimum absolute atomic E-state index is 0.156. The third-order valence-corrected chi connectivity index (χ3v) is 2.19. The van der Waals surface area contributed by atoms with E-state index in [0.717, 1.165) is 22.3 Å². The number of ether oxygens (including phenoxy) is 1. The fourth-order valence-electron chi connectivity index (χ4n) is 1.48. The topological polar surface area (TPSA) is 81.0 Å². The Morgan fingerprint density at radius 2 is 2.40 bits per heavy atom. The average Bonchev–Trinajstić information content (AvgIpc) is 2.60. The highest BCUT2D eigenvalue weighted by Gasteiger charge is 2.08. The molecule has 0 fully saturated rings. The number of aromatic amines is 1. The standard InChI is InChI=1S/C10H11N3O2/c1-15-6-2-3-8-7(4-6)9(13-12-8)5-10(11)14/h2-4H,5H2,1H3,(H2,11,14)(H,12,13). The van der Waals surface area contributed by atoms with Crippen LogP contribution in [0.4, 0.5) is 0 Å². The van der Waals surface area contributed by atoms with Crippen molar-refractivity contribution in [3.63, 3.8) is 0 Å². The maximum atomic E-state index is 10.8. The normalized spacial score (nSPS) is 10.5. The molecule has 0 atom stereocenters. The lowest BCUT2D eigenvalue weighted by Gasteiger charge is -1.99. The van der Waals surface area contributed by atoms with Crippen molar-refractivity contribution in [3.05, 3.63) is 23.9 Å². The molecule has 0 aliphatic heterocycles. The lowest BCUT2D eigenvalue weighted by Crippen LogP contribution is -2.14. The van der Waals surface area contributed by atoms with Crippen molar-refractivity contribution >= 4 is 16.8 Å². The Hall–Kier alpha value is -2.04. The van der Waals surface area contributed by atoms with Crippen molar-refractivity contribution in [1.29, 1.82) is 0 Å². The van der Waals surface area contributed by atoms with Gasteiger partial charge >= 0.3 is 0 Å². The molecule has 1 aromatic heterocycles. The van der Waals surface area contributed by atoms with E-state index in [-0.39, 0.29) is 12.3 Å². The zero-order valence-electron chi connectivity index (χ0n) is 8.28. The number of benzene rings is 1. The van der Waals surface area contributed by atoms with Gasteiger partial charge in [0.1, 0.15) is 5.75 Å². The average molecular weight is 205 g/mol. The highest BCUT2D eigenvalue weighted by molar-refractivity contribution is 5.87. The Kier molecular flexibility index (Phi) is 2.29. The number of fused-ring (bicyclic) bond motifs is 1. The number of carbonyl (C=O) groups is 1. The molecule has 0 radical (unpaired) electrons. The lowest BCUT2D eigenvalue weighted by molar-refractivity contribution is -0.117. The first-order chi connectivity index (χ1) is 7.20. The van der Waals surface area contributed by atoms with E-state index < -0.39 is 0 Å². The fraction of sp³-hybridized carbons (Fsp3) is 0.200. The molecule has 0 aliphatic rings.